The predicted molar refractivity (Wildman–Crippen MR) is 121 cm³/mol. The Hall–Kier alpha value is -3.27. The molecule has 0 spiro atoms. The van der Waals surface area contributed by atoms with Gasteiger partial charge in [0, 0.05) is 30.4 Å². The van der Waals surface area contributed by atoms with Gasteiger partial charge < -0.3 is 19.7 Å². The van der Waals surface area contributed by atoms with E-state index in [4.69, 9.17) is 9.47 Å². The summed E-state index contributed by atoms with van der Waals surface area (Å²) in [7, 11) is -3.77. The number of carbonyl (C=O) groups is 2. The second kappa shape index (κ2) is 8.70. The number of hydrogen-bond acceptors (Lipinski definition) is 6. The molecule has 2 amide bonds. The summed E-state index contributed by atoms with van der Waals surface area (Å²) in [5, 5.41) is 2.75. The molecule has 2 heterocycles. The average molecular weight is 460 g/mol. The van der Waals surface area contributed by atoms with Gasteiger partial charge in [-0.05, 0) is 49.7 Å². The van der Waals surface area contributed by atoms with Gasteiger partial charge in [-0.3, -0.25) is 13.9 Å². The van der Waals surface area contributed by atoms with Crippen molar-refractivity contribution < 1.29 is 27.5 Å². The van der Waals surface area contributed by atoms with Gasteiger partial charge in [-0.2, -0.15) is 0 Å². The van der Waals surface area contributed by atoms with Crippen LogP contribution in [0.3, 0.4) is 0 Å². The Balaban J connectivity index is 1.52. The molecule has 170 valence electrons. The van der Waals surface area contributed by atoms with Gasteiger partial charge in [0.25, 0.3) is 0 Å². The maximum absolute atomic E-state index is 12.9. The summed E-state index contributed by atoms with van der Waals surface area (Å²) in [5.74, 6) is 0.554. The third-order valence-corrected chi connectivity index (χ3v) is 6.63. The van der Waals surface area contributed by atoms with E-state index in [1.54, 1.807) is 47.4 Å². The van der Waals surface area contributed by atoms with Crippen molar-refractivity contribution in [2.75, 3.05) is 40.5 Å². The Labute approximate surface area is 187 Å². The van der Waals surface area contributed by atoms with Crippen LogP contribution in [0.2, 0.25) is 0 Å². The first-order valence-electron chi connectivity index (χ1n) is 10.3. The molecule has 0 saturated carbocycles. The normalized spacial score (nSPS) is 16.6. The number of benzene rings is 2. The zero-order valence-corrected chi connectivity index (χ0v) is 18.7. The molecule has 0 aliphatic carbocycles. The van der Waals surface area contributed by atoms with Crippen molar-refractivity contribution in [1.29, 1.82) is 0 Å². The van der Waals surface area contributed by atoms with Crippen LogP contribution in [-0.4, -0.2) is 52.3 Å². The van der Waals surface area contributed by atoms with Crippen molar-refractivity contribution >= 4 is 38.9 Å². The Bertz CT molecular complexity index is 1130. The van der Waals surface area contributed by atoms with E-state index in [9.17, 15) is 18.0 Å². The minimum atomic E-state index is -3.77. The molecule has 0 bridgehead atoms. The minimum absolute atomic E-state index is 0.0821. The van der Waals surface area contributed by atoms with Crippen LogP contribution in [0, 0.1) is 0 Å². The standard InChI is InChI=1S/C22H25N3O6S/c1-15(22(27)23-16-5-7-17(8-6-16)24-11-3-4-21(24)26)25(32(2,28)29)18-9-10-19-20(14-18)31-13-12-30-19/h5-10,14-15H,3-4,11-13H2,1-2H3,(H,23,27)/t15-/m0/s1. The highest BCUT2D eigenvalue weighted by Crippen LogP contribution is 2.35. The molecule has 0 unspecified atom stereocenters. The van der Waals surface area contributed by atoms with Crippen molar-refractivity contribution in [1.82, 2.24) is 0 Å². The van der Waals surface area contributed by atoms with E-state index in [2.05, 4.69) is 5.32 Å². The summed E-state index contributed by atoms with van der Waals surface area (Å²) < 4.78 is 37.2. The topological polar surface area (TPSA) is 105 Å². The monoisotopic (exact) mass is 459 g/mol. The minimum Gasteiger partial charge on any atom is -0.486 e. The molecule has 10 heteroatoms. The van der Waals surface area contributed by atoms with Crippen LogP contribution >= 0.6 is 0 Å². The lowest BCUT2D eigenvalue weighted by Crippen LogP contribution is -2.45. The molecule has 0 radical (unpaired) electrons. The van der Waals surface area contributed by atoms with Gasteiger partial charge in [0.05, 0.1) is 11.9 Å². The lowest BCUT2D eigenvalue weighted by atomic mass is 10.2. The maximum atomic E-state index is 12.9. The number of nitrogens with one attached hydrogen (secondary N) is 1. The van der Waals surface area contributed by atoms with Crippen LogP contribution in [0.25, 0.3) is 0 Å². The number of sulfonamides is 1. The van der Waals surface area contributed by atoms with Crippen molar-refractivity contribution in [3.05, 3.63) is 42.5 Å². The number of carbonyl (C=O) groups excluding carboxylic acids is 2. The lowest BCUT2D eigenvalue weighted by molar-refractivity contribution is -0.117. The molecular weight excluding hydrogens is 434 g/mol. The Morgan fingerprint density at radius 3 is 2.41 bits per heavy atom. The van der Waals surface area contributed by atoms with Crippen molar-refractivity contribution in [3.63, 3.8) is 0 Å². The summed E-state index contributed by atoms with van der Waals surface area (Å²) >= 11 is 0. The van der Waals surface area contributed by atoms with E-state index >= 15 is 0 Å². The molecule has 1 saturated heterocycles. The quantitative estimate of drug-likeness (QED) is 0.711. The zero-order valence-electron chi connectivity index (χ0n) is 17.9. The van der Waals surface area contributed by atoms with Gasteiger partial charge in [0.1, 0.15) is 19.3 Å². The fourth-order valence-electron chi connectivity index (χ4n) is 3.87. The first-order chi connectivity index (χ1) is 15.2. The fraction of sp³-hybridized carbons (Fsp3) is 0.364. The van der Waals surface area contributed by atoms with Crippen LogP contribution in [0.1, 0.15) is 19.8 Å². The SMILES string of the molecule is C[C@@H](C(=O)Nc1ccc(N2CCCC2=O)cc1)N(c1ccc2c(c1)OCCO2)S(C)(=O)=O. The molecule has 1 atom stereocenters. The van der Waals surface area contributed by atoms with Crippen LogP contribution in [-0.2, 0) is 19.6 Å². The summed E-state index contributed by atoms with van der Waals surface area (Å²) in [6.07, 6.45) is 2.42. The second-order valence-electron chi connectivity index (χ2n) is 7.75. The molecular formula is C22H25N3O6S. The summed E-state index contributed by atoms with van der Waals surface area (Å²) in [4.78, 5) is 26.5. The van der Waals surface area contributed by atoms with Crippen molar-refractivity contribution in [2.24, 2.45) is 0 Å². The third kappa shape index (κ3) is 4.50. The van der Waals surface area contributed by atoms with E-state index in [-0.39, 0.29) is 5.91 Å². The van der Waals surface area contributed by atoms with E-state index in [0.717, 1.165) is 22.7 Å². The molecule has 1 fully saturated rings. The number of rotatable bonds is 6. The second-order valence-corrected chi connectivity index (χ2v) is 9.61. The number of fused-ring (bicyclic) bond motifs is 1. The van der Waals surface area contributed by atoms with E-state index in [1.165, 1.54) is 6.92 Å². The van der Waals surface area contributed by atoms with Gasteiger partial charge in [-0.15, -0.1) is 0 Å². The summed E-state index contributed by atoms with van der Waals surface area (Å²) in [6.45, 7) is 2.99. The zero-order chi connectivity index (χ0) is 22.9. The lowest BCUT2D eigenvalue weighted by Gasteiger charge is -2.29. The molecule has 2 aromatic carbocycles. The molecule has 1 N–H and O–H groups in total. The van der Waals surface area contributed by atoms with Crippen LogP contribution < -0.4 is 24.0 Å². The Morgan fingerprint density at radius 2 is 1.78 bits per heavy atom. The van der Waals surface area contributed by atoms with Gasteiger partial charge in [-0.25, -0.2) is 8.42 Å². The third-order valence-electron chi connectivity index (χ3n) is 5.39. The summed E-state index contributed by atoms with van der Waals surface area (Å²) in [6, 6.07) is 10.7. The largest absolute Gasteiger partial charge is 0.486 e. The fourth-order valence-corrected chi connectivity index (χ4v) is 5.04. The molecule has 2 aromatic rings. The van der Waals surface area contributed by atoms with Gasteiger partial charge in [-0.1, -0.05) is 0 Å². The molecule has 4 rings (SSSR count). The van der Waals surface area contributed by atoms with Crippen molar-refractivity contribution in [2.45, 2.75) is 25.8 Å². The number of nitrogens with zero attached hydrogens (tertiary/aromatic N) is 2. The maximum Gasteiger partial charge on any atom is 0.247 e. The van der Waals surface area contributed by atoms with Gasteiger partial charge in [0.2, 0.25) is 21.8 Å². The number of hydrogen-bond donors (Lipinski definition) is 1. The van der Waals surface area contributed by atoms with Gasteiger partial charge in [0.15, 0.2) is 11.5 Å². The molecule has 9 nitrogen and oxygen atoms in total. The Morgan fingerprint density at radius 1 is 1.09 bits per heavy atom. The van der Waals surface area contributed by atoms with E-state index in [0.29, 0.717) is 49.1 Å². The van der Waals surface area contributed by atoms with Crippen molar-refractivity contribution in [3.8, 4) is 11.5 Å². The van der Waals surface area contributed by atoms with E-state index < -0.39 is 22.0 Å². The number of amides is 2. The van der Waals surface area contributed by atoms with E-state index in [1.807, 2.05) is 0 Å². The molecule has 2 aliphatic rings. The smallest absolute Gasteiger partial charge is 0.247 e. The van der Waals surface area contributed by atoms with Crippen LogP contribution in [0.4, 0.5) is 17.1 Å². The highest BCUT2D eigenvalue weighted by molar-refractivity contribution is 7.92. The molecule has 0 aromatic heterocycles. The molecule has 32 heavy (non-hydrogen) atoms. The first-order valence-corrected chi connectivity index (χ1v) is 12.2. The predicted octanol–water partition coefficient (Wildman–Crippen LogP) is 2.38. The highest BCUT2D eigenvalue weighted by Gasteiger charge is 2.30. The first kappa shape index (κ1) is 21.9. The molecule has 2 aliphatic heterocycles. The van der Waals surface area contributed by atoms with Gasteiger partial charge >= 0.3 is 0 Å². The number of anilines is 3. The average Bonchev–Trinajstić information content (AvgIpc) is 3.19. The Kier molecular flexibility index (Phi) is 5.96. The summed E-state index contributed by atoms with van der Waals surface area (Å²) in [5.41, 5.74) is 1.59. The van der Waals surface area contributed by atoms with Crippen LogP contribution in [0.15, 0.2) is 42.5 Å². The highest BCUT2D eigenvalue weighted by atomic mass is 32.2. The van der Waals surface area contributed by atoms with Crippen LogP contribution in [0.5, 0.6) is 11.5 Å². The number of ether oxygens (including phenoxy) is 2.